The Hall–Kier alpha value is -0.900. The molecule has 3 rings (SSSR count). The van der Waals surface area contributed by atoms with Crippen LogP contribution in [0, 0.1) is 5.92 Å². The van der Waals surface area contributed by atoms with Crippen molar-refractivity contribution < 1.29 is 4.74 Å². The van der Waals surface area contributed by atoms with Crippen LogP contribution in [0.3, 0.4) is 0 Å². The van der Waals surface area contributed by atoms with E-state index in [9.17, 15) is 0 Å². The zero-order valence-electron chi connectivity index (χ0n) is 12.3. The summed E-state index contributed by atoms with van der Waals surface area (Å²) in [6.07, 6.45) is 3.90. The van der Waals surface area contributed by atoms with Crippen molar-refractivity contribution in [2.75, 3.05) is 39.4 Å². The Morgan fingerprint density at radius 2 is 1.75 bits per heavy atom. The minimum absolute atomic E-state index is 0.863. The maximum Gasteiger partial charge on any atom is 0.0594 e. The fourth-order valence-corrected chi connectivity index (χ4v) is 3.31. The van der Waals surface area contributed by atoms with Crippen LogP contribution in [0.25, 0.3) is 0 Å². The summed E-state index contributed by atoms with van der Waals surface area (Å²) >= 11 is 0. The lowest BCUT2D eigenvalue weighted by Crippen LogP contribution is -2.36. The van der Waals surface area contributed by atoms with Crippen molar-refractivity contribution in [3.05, 3.63) is 35.4 Å². The molecule has 0 spiro atoms. The van der Waals surface area contributed by atoms with E-state index in [0.717, 1.165) is 38.8 Å². The minimum Gasteiger partial charge on any atom is -0.379 e. The van der Waals surface area contributed by atoms with E-state index in [1.807, 2.05) is 0 Å². The van der Waals surface area contributed by atoms with Crippen LogP contribution in [0.5, 0.6) is 0 Å². The fraction of sp³-hybridized carbons (Fsp3) is 0.647. The first-order valence-corrected chi connectivity index (χ1v) is 7.99. The fourth-order valence-electron chi connectivity index (χ4n) is 3.31. The Balaban J connectivity index is 1.63. The van der Waals surface area contributed by atoms with Crippen molar-refractivity contribution in [3.63, 3.8) is 0 Å². The van der Waals surface area contributed by atoms with Crippen LogP contribution < -0.4 is 5.32 Å². The summed E-state index contributed by atoms with van der Waals surface area (Å²) in [6, 6.07) is 9.02. The third-order valence-electron chi connectivity index (χ3n) is 4.58. The smallest absolute Gasteiger partial charge is 0.0594 e. The lowest BCUT2D eigenvalue weighted by molar-refractivity contribution is 0.0340. The highest BCUT2D eigenvalue weighted by Gasteiger charge is 2.17. The second-order valence-corrected chi connectivity index (χ2v) is 6.05. The molecule has 0 aliphatic carbocycles. The normalized spacial score (nSPS) is 22.0. The van der Waals surface area contributed by atoms with Crippen LogP contribution in [0.1, 0.15) is 24.0 Å². The first-order valence-electron chi connectivity index (χ1n) is 7.99. The molecule has 110 valence electrons. The molecule has 2 saturated heterocycles. The van der Waals surface area contributed by atoms with Crippen LogP contribution in [-0.4, -0.2) is 44.3 Å². The van der Waals surface area contributed by atoms with Crippen molar-refractivity contribution >= 4 is 0 Å². The first-order chi connectivity index (χ1) is 9.92. The molecule has 0 radical (unpaired) electrons. The average molecular weight is 274 g/mol. The number of nitrogens with one attached hydrogen (secondary N) is 1. The number of piperidine rings is 1. The maximum absolute atomic E-state index is 5.44. The Kier molecular flexibility index (Phi) is 5.06. The van der Waals surface area contributed by atoms with Crippen molar-refractivity contribution in [2.24, 2.45) is 5.92 Å². The van der Waals surface area contributed by atoms with Gasteiger partial charge in [0, 0.05) is 19.6 Å². The second kappa shape index (κ2) is 7.21. The minimum atomic E-state index is 0.863. The highest BCUT2D eigenvalue weighted by molar-refractivity contribution is 5.27. The summed E-state index contributed by atoms with van der Waals surface area (Å²) in [5, 5.41) is 3.46. The molecule has 0 saturated carbocycles. The Labute approximate surface area is 122 Å². The van der Waals surface area contributed by atoms with E-state index in [2.05, 4.69) is 34.5 Å². The van der Waals surface area contributed by atoms with Gasteiger partial charge in [-0.05, 0) is 49.4 Å². The third-order valence-corrected chi connectivity index (χ3v) is 4.58. The van der Waals surface area contributed by atoms with Gasteiger partial charge in [0.25, 0.3) is 0 Å². The second-order valence-electron chi connectivity index (χ2n) is 6.05. The average Bonchev–Trinajstić information content (AvgIpc) is 2.51. The summed E-state index contributed by atoms with van der Waals surface area (Å²) in [7, 11) is 0. The van der Waals surface area contributed by atoms with Crippen LogP contribution >= 0.6 is 0 Å². The van der Waals surface area contributed by atoms with E-state index in [1.54, 1.807) is 5.56 Å². The first kappa shape index (κ1) is 14.1. The number of hydrogen-bond donors (Lipinski definition) is 1. The molecule has 3 nitrogen and oxygen atoms in total. The quantitative estimate of drug-likeness (QED) is 0.909. The molecule has 0 aromatic heterocycles. The van der Waals surface area contributed by atoms with Crippen LogP contribution in [0.4, 0.5) is 0 Å². The molecule has 2 fully saturated rings. The molecule has 0 amide bonds. The van der Waals surface area contributed by atoms with Crippen molar-refractivity contribution in [1.82, 2.24) is 10.2 Å². The van der Waals surface area contributed by atoms with Gasteiger partial charge in [0.1, 0.15) is 0 Å². The molecule has 0 unspecified atom stereocenters. The van der Waals surface area contributed by atoms with Gasteiger partial charge in [-0.2, -0.15) is 0 Å². The van der Waals surface area contributed by atoms with Gasteiger partial charge in [-0.1, -0.05) is 24.3 Å². The molecular formula is C17H26N2O. The van der Waals surface area contributed by atoms with Gasteiger partial charge in [0.05, 0.1) is 13.2 Å². The number of hydrogen-bond acceptors (Lipinski definition) is 3. The van der Waals surface area contributed by atoms with Crippen molar-refractivity contribution in [3.8, 4) is 0 Å². The number of benzene rings is 1. The highest BCUT2D eigenvalue weighted by atomic mass is 16.5. The van der Waals surface area contributed by atoms with Crippen LogP contribution in [0.15, 0.2) is 24.3 Å². The molecule has 3 heteroatoms. The lowest BCUT2D eigenvalue weighted by Gasteiger charge is -2.28. The number of morpholine rings is 1. The lowest BCUT2D eigenvalue weighted by atomic mass is 9.89. The van der Waals surface area contributed by atoms with Gasteiger partial charge < -0.3 is 10.1 Å². The van der Waals surface area contributed by atoms with Crippen molar-refractivity contribution in [2.45, 2.75) is 25.8 Å². The van der Waals surface area contributed by atoms with Crippen LogP contribution in [-0.2, 0) is 17.7 Å². The molecule has 2 aliphatic heterocycles. The summed E-state index contributed by atoms with van der Waals surface area (Å²) in [5.74, 6) is 0.863. The van der Waals surface area contributed by atoms with Crippen molar-refractivity contribution in [1.29, 1.82) is 0 Å². The summed E-state index contributed by atoms with van der Waals surface area (Å²) < 4.78 is 5.44. The molecule has 1 N–H and O–H groups in total. The molecule has 20 heavy (non-hydrogen) atoms. The molecule has 2 aliphatic rings. The monoisotopic (exact) mass is 274 g/mol. The third kappa shape index (κ3) is 3.81. The largest absolute Gasteiger partial charge is 0.379 e. The zero-order valence-corrected chi connectivity index (χ0v) is 12.3. The molecule has 0 bridgehead atoms. The van der Waals surface area contributed by atoms with Gasteiger partial charge in [0.2, 0.25) is 0 Å². The van der Waals surface area contributed by atoms with E-state index in [4.69, 9.17) is 4.74 Å². The van der Waals surface area contributed by atoms with Gasteiger partial charge in [-0.15, -0.1) is 0 Å². The van der Waals surface area contributed by atoms with Gasteiger partial charge in [0.15, 0.2) is 0 Å². The Morgan fingerprint density at radius 3 is 2.50 bits per heavy atom. The predicted molar refractivity (Wildman–Crippen MR) is 81.8 cm³/mol. The highest BCUT2D eigenvalue weighted by Crippen LogP contribution is 2.21. The van der Waals surface area contributed by atoms with Gasteiger partial charge >= 0.3 is 0 Å². The zero-order chi connectivity index (χ0) is 13.6. The van der Waals surface area contributed by atoms with E-state index in [-0.39, 0.29) is 0 Å². The van der Waals surface area contributed by atoms with E-state index >= 15 is 0 Å². The van der Waals surface area contributed by atoms with E-state index < -0.39 is 0 Å². The molecule has 1 aromatic carbocycles. The SMILES string of the molecule is c1ccc(CN2CCOCC2)c(CC2CCNCC2)c1. The number of nitrogens with zero attached hydrogens (tertiary/aromatic N) is 1. The standard InChI is InChI=1S/C17H26N2O/c1-2-4-17(14-19-9-11-20-12-10-19)16(3-1)13-15-5-7-18-8-6-15/h1-4,15,18H,5-14H2. The molecule has 2 heterocycles. The summed E-state index contributed by atoms with van der Waals surface area (Å²) in [4.78, 5) is 2.52. The Morgan fingerprint density at radius 1 is 1.05 bits per heavy atom. The molecular weight excluding hydrogens is 248 g/mol. The maximum atomic E-state index is 5.44. The topological polar surface area (TPSA) is 24.5 Å². The number of rotatable bonds is 4. The number of ether oxygens (including phenoxy) is 1. The Bertz CT molecular complexity index is 370. The molecule has 0 atom stereocenters. The summed E-state index contributed by atoms with van der Waals surface area (Å²) in [5.41, 5.74) is 3.08. The van der Waals surface area contributed by atoms with Gasteiger partial charge in [-0.3, -0.25) is 4.90 Å². The predicted octanol–water partition coefficient (Wildman–Crippen LogP) is 2.06. The van der Waals surface area contributed by atoms with Crippen LogP contribution in [0.2, 0.25) is 0 Å². The van der Waals surface area contributed by atoms with Gasteiger partial charge in [-0.25, -0.2) is 0 Å². The van der Waals surface area contributed by atoms with E-state index in [1.165, 1.54) is 37.9 Å². The van der Waals surface area contributed by atoms with E-state index in [0.29, 0.717) is 0 Å². The summed E-state index contributed by atoms with van der Waals surface area (Å²) in [6.45, 7) is 7.38. The molecule has 1 aromatic rings.